The lowest BCUT2D eigenvalue weighted by Gasteiger charge is -2.32. The maximum Gasteiger partial charge on any atom is 0.247 e. The molecule has 1 atom stereocenters. The summed E-state index contributed by atoms with van der Waals surface area (Å²) >= 11 is 0. The molecule has 1 aromatic heterocycles. The van der Waals surface area contributed by atoms with E-state index in [4.69, 9.17) is 4.74 Å². The van der Waals surface area contributed by atoms with Crippen LogP contribution in [0.15, 0.2) is 4.90 Å². The largest absolute Gasteiger partial charge is 0.378 e. The van der Waals surface area contributed by atoms with Crippen LogP contribution in [0.2, 0.25) is 0 Å². The Balaban J connectivity index is 2.38. The van der Waals surface area contributed by atoms with E-state index in [-0.39, 0.29) is 6.04 Å². The van der Waals surface area contributed by atoms with Crippen LogP contribution >= 0.6 is 0 Å². The monoisotopic (exact) mass is 316 g/mol. The van der Waals surface area contributed by atoms with Gasteiger partial charge < -0.3 is 10.1 Å². The van der Waals surface area contributed by atoms with Gasteiger partial charge in [0, 0.05) is 19.1 Å². The van der Waals surface area contributed by atoms with Gasteiger partial charge in [-0.3, -0.25) is 4.68 Å². The highest BCUT2D eigenvalue weighted by Crippen LogP contribution is 2.26. The molecule has 1 fully saturated rings. The molecule has 0 aromatic carbocycles. The van der Waals surface area contributed by atoms with Crippen LogP contribution in [0, 0.1) is 13.8 Å². The van der Waals surface area contributed by atoms with Gasteiger partial charge in [-0.05, 0) is 27.8 Å². The number of sulfonamides is 1. The Morgan fingerprint density at radius 2 is 2.14 bits per heavy atom. The SMILES string of the molecule is CNCCn1nc(C)c(S(=O)(=O)N2CCOCC2C)c1C. The molecular formula is C13H24N4O3S. The predicted molar refractivity (Wildman–Crippen MR) is 79.8 cm³/mol. The van der Waals surface area contributed by atoms with Crippen LogP contribution < -0.4 is 5.32 Å². The number of rotatable bonds is 5. The number of ether oxygens (including phenoxy) is 1. The van der Waals surface area contributed by atoms with Gasteiger partial charge in [0.1, 0.15) is 4.90 Å². The third-order valence-electron chi connectivity index (χ3n) is 3.76. The van der Waals surface area contributed by atoms with E-state index in [0.29, 0.717) is 42.6 Å². The molecule has 1 N–H and O–H groups in total. The number of nitrogens with one attached hydrogen (secondary N) is 1. The predicted octanol–water partition coefficient (Wildman–Crippen LogP) is 0.129. The molecule has 0 amide bonds. The maximum absolute atomic E-state index is 12.9. The van der Waals surface area contributed by atoms with Gasteiger partial charge >= 0.3 is 0 Å². The Kier molecular flexibility index (Phi) is 5.03. The minimum atomic E-state index is -3.53. The van der Waals surface area contributed by atoms with Gasteiger partial charge in [0.05, 0.1) is 31.1 Å². The number of morpholine rings is 1. The zero-order chi connectivity index (χ0) is 15.6. The Morgan fingerprint density at radius 1 is 1.43 bits per heavy atom. The first-order chi connectivity index (χ1) is 9.89. The number of nitrogens with zero attached hydrogens (tertiary/aromatic N) is 3. The molecule has 0 spiro atoms. The lowest BCUT2D eigenvalue weighted by molar-refractivity contribution is 0.0392. The lowest BCUT2D eigenvalue weighted by atomic mass is 10.3. The Hall–Kier alpha value is -0.960. The highest BCUT2D eigenvalue weighted by molar-refractivity contribution is 7.89. The van der Waals surface area contributed by atoms with Crippen molar-refractivity contribution in [2.45, 2.75) is 38.3 Å². The lowest BCUT2D eigenvalue weighted by Crippen LogP contribution is -2.47. The molecule has 1 saturated heterocycles. The van der Waals surface area contributed by atoms with Crippen LogP contribution in [-0.2, 0) is 21.3 Å². The van der Waals surface area contributed by atoms with E-state index in [1.54, 1.807) is 11.6 Å². The zero-order valence-electron chi connectivity index (χ0n) is 13.1. The molecule has 0 saturated carbocycles. The average molecular weight is 316 g/mol. The Labute approximate surface area is 126 Å². The molecule has 1 aromatic rings. The van der Waals surface area contributed by atoms with E-state index in [0.717, 1.165) is 6.54 Å². The van der Waals surface area contributed by atoms with Gasteiger partial charge in [0.2, 0.25) is 10.0 Å². The Morgan fingerprint density at radius 3 is 2.76 bits per heavy atom. The molecule has 21 heavy (non-hydrogen) atoms. The second kappa shape index (κ2) is 6.43. The number of aryl methyl sites for hydroxylation is 1. The minimum Gasteiger partial charge on any atom is -0.378 e. The van der Waals surface area contributed by atoms with Crippen LogP contribution in [0.4, 0.5) is 0 Å². The molecule has 0 radical (unpaired) electrons. The van der Waals surface area contributed by atoms with E-state index in [9.17, 15) is 8.42 Å². The zero-order valence-corrected chi connectivity index (χ0v) is 13.9. The number of likely N-dealkylation sites (N-methyl/N-ethyl adjacent to an activating group) is 1. The van der Waals surface area contributed by atoms with Crippen LogP contribution in [0.5, 0.6) is 0 Å². The fourth-order valence-corrected chi connectivity index (χ4v) is 4.65. The molecule has 1 aliphatic rings. The summed E-state index contributed by atoms with van der Waals surface area (Å²) in [5.41, 5.74) is 1.25. The summed E-state index contributed by atoms with van der Waals surface area (Å²) in [5.74, 6) is 0. The molecule has 2 rings (SSSR count). The van der Waals surface area contributed by atoms with Gasteiger partial charge in [0.15, 0.2) is 0 Å². The first-order valence-electron chi connectivity index (χ1n) is 7.17. The highest BCUT2D eigenvalue weighted by Gasteiger charge is 2.35. The van der Waals surface area contributed by atoms with Gasteiger partial charge in [-0.1, -0.05) is 0 Å². The number of aromatic nitrogens is 2. The summed E-state index contributed by atoms with van der Waals surface area (Å²) in [6, 6.07) is -0.150. The normalized spacial score (nSPS) is 20.9. The quantitative estimate of drug-likeness (QED) is 0.835. The van der Waals surface area contributed by atoms with Gasteiger partial charge in [-0.2, -0.15) is 9.40 Å². The second-order valence-corrected chi connectivity index (χ2v) is 7.19. The van der Waals surface area contributed by atoms with Crippen LogP contribution in [0.3, 0.4) is 0 Å². The smallest absolute Gasteiger partial charge is 0.247 e. The van der Waals surface area contributed by atoms with Crippen molar-refractivity contribution < 1.29 is 13.2 Å². The van der Waals surface area contributed by atoms with Gasteiger partial charge in [0.25, 0.3) is 0 Å². The second-order valence-electron chi connectivity index (χ2n) is 5.37. The summed E-state index contributed by atoms with van der Waals surface area (Å²) < 4.78 is 34.5. The van der Waals surface area contributed by atoms with Crippen molar-refractivity contribution in [2.24, 2.45) is 0 Å². The van der Waals surface area contributed by atoms with Crippen LogP contribution in [0.1, 0.15) is 18.3 Å². The van der Waals surface area contributed by atoms with Crippen molar-refractivity contribution in [3.63, 3.8) is 0 Å². The topological polar surface area (TPSA) is 76.5 Å². The van der Waals surface area contributed by atoms with Crippen molar-refractivity contribution in [1.29, 1.82) is 0 Å². The van der Waals surface area contributed by atoms with E-state index in [2.05, 4.69) is 10.4 Å². The van der Waals surface area contributed by atoms with Crippen molar-refractivity contribution in [2.75, 3.05) is 33.4 Å². The molecule has 0 bridgehead atoms. The number of hydrogen-bond acceptors (Lipinski definition) is 5. The van der Waals surface area contributed by atoms with E-state index in [1.807, 2.05) is 20.9 Å². The van der Waals surface area contributed by atoms with Gasteiger partial charge in [-0.25, -0.2) is 8.42 Å². The fraction of sp³-hybridized carbons (Fsp3) is 0.769. The first-order valence-corrected chi connectivity index (χ1v) is 8.61. The van der Waals surface area contributed by atoms with Crippen molar-refractivity contribution >= 4 is 10.0 Å². The van der Waals surface area contributed by atoms with Crippen LogP contribution in [0.25, 0.3) is 0 Å². The van der Waals surface area contributed by atoms with Crippen molar-refractivity contribution in [1.82, 2.24) is 19.4 Å². The molecule has 8 heteroatoms. The van der Waals surface area contributed by atoms with Crippen molar-refractivity contribution in [3.8, 4) is 0 Å². The van der Waals surface area contributed by atoms with Crippen LogP contribution in [-0.4, -0.2) is 61.9 Å². The van der Waals surface area contributed by atoms with Gasteiger partial charge in [-0.15, -0.1) is 0 Å². The molecule has 120 valence electrons. The average Bonchev–Trinajstić information content (AvgIpc) is 2.71. The maximum atomic E-state index is 12.9. The van der Waals surface area contributed by atoms with E-state index < -0.39 is 10.0 Å². The number of hydrogen-bond donors (Lipinski definition) is 1. The minimum absolute atomic E-state index is 0.150. The third kappa shape index (κ3) is 3.13. The van der Waals surface area contributed by atoms with E-state index >= 15 is 0 Å². The molecular weight excluding hydrogens is 292 g/mol. The fourth-order valence-electron chi connectivity index (χ4n) is 2.68. The Bertz CT molecular complexity index is 597. The summed E-state index contributed by atoms with van der Waals surface area (Å²) in [6.45, 7) is 8.10. The standard InChI is InChI=1S/C13H24N4O3S/c1-10-9-20-8-7-17(10)21(18,19)13-11(2)15-16(12(13)3)6-5-14-4/h10,14H,5-9H2,1-4H3. The molecule has 7 nitrogen and oxygen atoms in total. The van der Waals surface area contributed by atoms with E-state index in [1.165, 1.54) is 4.31 Å². The summed E-state index contributed by atoms with van der Waals surface area (Å²) in [6.07, 6.45) is 0. The molecule has 0 aliphatic carbocycles. The summed E-state index contributed by atoms with van der Waals surface area (Å²) in [5, 5.41) is 7.42. The highest BCUT2D eigenvalue weighted by atomic mass is 32.2. The summed E-state index contributed by atoms with van der Waals surface area (Å²) in [4.78, 5) is 0.340. The molecule has 2 heterocycles. The summed E-state index contributed by atoms with van der Waals surface area (Å²) in [7, 11) is -1.67. The van der Waals surface area contributed by atoms with Crippen molar-refractivity contribution in [3.05, 3.63) is 11.4 Å². The molecule has 1 unspecified atom stereocenters. The third-order valence-corrected chi connectivity index (χ3v) is 6.03. The molecule has 1 aliphatic heterocycles. The first kappa shape index (κ1) is 16.4.